The summed E-state index contributed by atoms with van der Waals surface area (Å²) in [4.78, 5) is 3.93. The van der Waals surface area contributed by atoms with Crippen molar-refractivity contribution in [3.05, 3.63) is 52.2 Å². The number of thiophene rings is 1. The summed E-state index contributed by atoms with van der Waals surface area (Å²) >= 11 is 1.82. The molecular weight excluding hydrogens is 268 g/mol. The van der Waals surface area contributed by atoms with Crippen molar-refractivity contribution in [1.82, 2.24) is 10.2 Å². The number of rotatable bonds is 4. The van der Waals surface area contributed by atoms with Gasteiger partial charge in [0.15, 0.2) is 0 Å². The average Bonchev–Trinajstić information content (AvgIpc) is 3.03. The number of methoxy groups -OCH3 is 1. The molecule has 2 heterocycles. The van der Waals surface area contributed by atoms with Gasteiger partial charge in [0.05, 0.1) is 13.2 Å². The topological polar surface area (TPSA) is 24.5 Å². The molecule has 0 saturated carbocycles. The van der Waals surface area contributed by atoms with Crippen LogP contribution in [0, 0.1) is 0 Å². The van der Waals surface area contributed by atoms with Crippen LogP contribution in [-0.4, -0.2) is 38.2 Å². The Morgan fingerprint density at radius 1 is 1.15 bits per heavy atom. The number of ether oxygens (including phenoxy) is 1. The van der Waals surface area contributed by atoms with Crippen LogP contribution < -0.4 is 10.1 Å². The molecule has 1 aromatic heterocycles. The summed E-state index contributed by atoms with van der Waals surface area (Å²) in [6.07, 6.45) is 0. The maximum absolute atomic E-state index is 5.58. The number of piperazine rings is 1. The lowest BCUT2D eigenvalue weighted by Gasteiger charge is -2.35. The van der Waals surface area contributed by atoms with Crippen LogP contribution in [-0.2, 0) is 0 Å². The molecule has 0 spiro atoms. The van der Waals surface area contributed by atoms with E-state index >= 15 is 0 Å². The molecule has 2 aromatic rings. The zero-order valence-corrected chi connectivity index (χ0v) is 12.5. The zero-order valence-electron chi connectivity index (χ0n) is 11.7. The largest absolute Gasteiger partial charge is 0.496 e. The van der Waals surface area contributed by atoms with Gasteiger partial charge in [-0.25, -0.2) is 0 Å². The average molecular weight is 288 g/mol. The van der Waals surface area contributed by atoms with Gasteiger partial charge < -0.3 is 10.1 Å². The van der Waals surface area contributed by atoms with E-state index in [4.69, 9.17) is 4.74 Å². The van der Waals surface area contributed by atoms with Gasteiger partial charge >= 0.3 is 0 Å². The van der Waals surface area contributed by atoms with Gasteiger partial charge in [0, 0.05) is 36.6 Å². The summed E-state index contributed by atoms with van der Waals surface area (Å²) in [5.41, 5.74) is 1.26. The van der Waals surface area contributed by atoms with Gasteiger partial charge in [0.25, 0.3) is 0 Å². The van der Waals surface area contributed by atoms with Crippen LogP contribution in [0.15, 0.2) is 41.8 Å². The van der Waals surface area contributed by atoms with Crippen LogP contribution >= 0.6 is 11.3 Å². The third-order valence-electron chi connectivity index (χ3n) is 3.76. The quantitative estimate of drug-likeness (QED) is 0.936. The Labute approximate surface area is 124 Å². The number of hydrogen-bond acceptors (Lipinski definition) is 4. The van der Waals surface area contributed by atoms with Crippen molar-refractivity contribution in [3.63, 3.8) is 0 Å². The third-order valence-corrected chi connectivity index (χ3v) is 4.69. The highest BCUT2D eigenvalue weighted by Crippen LogP contribution is 2.36. The minimum Gasteiger partial charge on any atom is -0.496 e. The molecule has 20 heavy (non-hydrogen) atoms. The Hall–Kier alpha value is -1.36. The van der Waals surface area contributed by atoms with Crippen LogP contribution in [0.25, 0.3) is 0 Å². The molecule has 0 amide bonds. The van der Waals surface area contributed by atoms with Gasteiger partial charge in [-0.3, -0.25) is 4.90 Å². The van der Waals surface area contributed by atoms with Crippen molar-refractivity contribution >= 4 is 11.3 Å². The van der Waals surface area contributed by atoms with Crippen molar-refractivity contribution in [2.24, 2.45) is 0 Å². The second kappa shape index (κ2) is 6.39. The minimum absolute atomic E-state index is 0.299. The van der Waals surface area contributed by atoms with E-state index in [1.54, 1.807) is 7.11 Å². The van der Waals surface area contributed by atoms with Crippen molar-refractivity contribution < 1.29 is 4.74 Å². The van der Waals surface area contributed by atoms with Crippen molar-refractivity contribution in [3.8, 4) is 5.75 Å². The highest BCUT2D eigenvalue weighted by atomic mass is 32.1. The fraction of sp³-hybridized carbons (Fsp3) is 0.375. The SMILES string of the molecule is COc1ccccc1C(c1cccs1)N1CCNCC1. The first-order valence-electron chi connectivity index (χ1n) is 7.01. The van der Waals surface area contributed by atoms with E-state index in [-0.39, 0.29) is 0 Å². The summed E-state index contributed by atoms with van der Waals surface area (Å²) in [6.45, 7) is 4.25. The number of nitrogens with one attached hydrogen (secondary N) is 1. The van der Waals surface area contributed by atoms with E-state index in [0.29, 0.717) is 6.04 Å². The van der Waals surface area contributed by atoms with Gasteiger partial charge in [-0.2, -0.15) is 0 Å². The summed E-state index contributed by atoms with van der Waals surface area (Å²) in [5.74, 6) is 0.976. The van der Waals surface area contributed by atoms with Gasteiger partial charge in [-0.05, 0) is 17.5 Å². The highest BCUT2D eigenvalue weighted by molar-refractivity contribution is 7.10. The summed E-state index contributed by atoms with van der Waals surface area (Å²) in [6, 6.07) is 13.0. The molecule has 3 nitrogen and oxygen atoms in total. The summed E-state index contributed by atoms with van der Waals surface area (Å²) in [7, 11) is 1.75. The Morgan fingerprint density at radius 2 is 1.95 bits per heavy atom. The van der Waals surface area contributed by atoms with Crippen LogP contribution in [0.5, 0.6) is 5.75 Å². The predicted molar refractivity (Wildman–Crippen MR) is 83.6 cm³/mol. The maximum atomic E-state index is 5.58. The molecule has 0 aliphatic carbocycles. The molecule has 1 fully saturated rings. The van der Waals surface area contributed by atoms with Crippen molar-refractivity contribution in [2.75, 3.05) is 33.3 Å². The smallest absolute Gasteiger partial charge is 0.124 e. The minimum atomic E-state index is 0.299. The van der Waals surface area contributed by atoms with Gasteiger partial charge in [0.1, 0.15) is 5.75 Å². The lowest BCUT2D eigenvalue weighted by Crippen LogP contribution is -2.45. The number of nitrogens with zero attached hydrogens (tertiary/aromatic N) is 1. The monoisotopic (exact) mass is 288 g/mol. The van der Waals surface area contributed by atoms with Gasteiger partial charge in [0.2, 0.25) is 0 Å². The van der Waals surface area contributed by atoms with E-state index < -0.39 is 0 Å². The van der Waals surface area contributed by atoms with Crippen LogP contribution in [0.2, 0.25) is 0 Å². The van der Waals surface area contributed by atoms with E-state index in [2.05, 4.69) is 45.9 Å². The maximum Gasteiger partial charge on any atom is 0.124 e. The molecule has 106 valence electrons. The van der Waals surface area contributed by atoms with E-state index in [0.717, 1.165) is 31.9 Å². The van der Waals surface area contributed by atoms with Crippen LogP contribution in [0.4, 0.5) is 0 Å². The first-order valence-corrected chi connectivity index (χ1v) is 7.89. The molecule has 1 unspecified atom stereocenters. The fourth-order valence-corrected chi connectivity index (χ4v) is 3.69. The molecule has 1 aliphatic heterocycles. The van der Waals surface area contributed by atoms with Crippen molar-refractivity contribution in [1.29, 1.82) is 0 Å². The first-order chi connectivity index (χ1) is 9.90. The normalized spacial score (nSPS) is 17.9. The van der Waals surface area contributed by atoms with E-state index in [1.807, 2.05) is 17.4 Å². The Bertz CT molecular complexity index is 535. The lowest BCUT2D eigenvalue weighted by molar-refractivity contribution is 0.197. The van der Waals surface area contributed by atoms with Gasteiger partial charge in [-0.15, -0.1) is 11.3 Å². The van der Waals surface area contributed by atoms with E-state index in [1.165, 1.54) is 10.4 Å². The highest BCUT2D eigenvalue weighted by Gasteiger charge is 2.26. The molecular formula is C16H20N2OS. The first kappa shape index (κ1) is 13.6. The Balaban J connectivity index is 2.00. The number of hydrogen-bond donors (Lipinski definition) is 1. The van der Waals surface area contributed by atoms with Gasteiger partial charge in [-0.1, -0.05) is 24.3 Å². The summed E-state index contributed by atoms with van der Waals surface area (Å²) in [5, 5.41) is 5.58. The molecule has 1 atom stereocenters. The lowest BCUT2D eigenvalue weighted by atomic mass is 10.0. The number of benzene rings is 1. The third kappa shape index (κ3) is 2.73. The fourth-order valence-electron chi connectivity index (χ4n) is 2.81. The number of para-hydroxylation sites is 1. The summed E-state index contributed by atoms with van der Waals surface area (Å²) < 4.78 is 5.58. The molecule has 0 radical (unpaired) electrons. The molecule has 1 aromatic carbocycles. The van der Waals surface area contributed by atoms with Crippen LogP contribution in [0.3, 0.4) is 0 Å². The Morgan fingerprint density at radius 3 is 2.65 bits per heavy atom. The zero-order chi connectivity index (χ0) is 13.8. The van der Waals surface area contributed by atoms with Crippen LogP contribution in [0.1, 0.15) is 16.5 Å². The molecule has 4 heteroatoms. The second-order valence-electron chi connectivity index (χ2n) is 4.95. The van der Waals surface area contributed by atoms with Crippen molar-refractivity contribution in [2.45, 2.75) is 6.04 Å². The molecule has 0 bridgehead atoms. The second-order valence-corrected chi connectivity index (χ2v) is 5.93. The molecule has 1 N–H and O–H groups in total. The molecule has 1 saturated heterocycles. The standard InChI is InChI=1S/C16H20N2OS/c1-19-14-6-3-2-5-13(14)16(15-7-4-12-20-15)18-10-8-17-9-11-18/h2-7,12,16-17H,8-11H2,1H3. The predicted octanol–water partition coefficient (Wildman–Crippen LogP) is 2.75. The molecule has 1 aliphatic rings. The molecule has 3 rings (SSSR count). The Kier molecular flexibility index (Phi) is 4.35. The van der Waals surface area contributed by atoms with E-state index in [9.17, 15) is 0 Å².